The number of anilines is 2. The monoisotopic (exact) mass is 202 g/mol. The minimum atomic E-state index is 0.435. The van der Waals surface area contributed by atoms with Crippen molar-refractivity contribution in [3.05, 3.63) is 12.4 Å². The molecule has 1 aliphatic rings. The second kappa shape index (κ2) is 4.18. The lowest BCUT2D eigenvalue weighted by Gasteiger charge is -2.20. The van der Waals surface area contributed by atoms with Gasteiger partial charge < -0.3 is 10.6 Å². The molecule has 0 atom stereocenters. The van der Waals surface area contributed by atoms with Gasteiger partial charge in [0.25, 0.3) is 0 Å². The van der Waals surface area contributed by atoms with Crippen molar-refractivity contribution < 1.29 is 0 Å². The molecule has 1 saturated carbocycles. The first kappa shape index (κ1) is 9.78. The van der Waals surface area contributed by atoms with E-state index in [-0.39, 0.29) is 0 Å². The molecule has 0 radical (unpaired) electrons. The van der Waals surface area contributed by atoms with Gasteiger partial charge in [0.1, 0.15) is 11.6 Å². The van der Waals surface area contributed by atoms with Crippen LogP contribution in [0.3, 0.4) is 0 Å². The summed E-state index contributed by atoms with van der Waals surface area (Å²) in [5, 5.41) is 0. The Bertz CT molecular complexity index is 378. The molecule has 78 valence electrons. The summed E-state index contributed by atoms with van der Waals surface area (Å²) >= 11 is 0. The molecule has 0 amide bonds. The molecule has 0 saturated heterocycles. The zero-order valence-corrected chi connectivity index (χ0v) is 8.56. The fourth-order valence-corrected chi connectivity index (χ4v) is 1.48. The quantitative estimate of drug-likeness (QED) is 0.737. The molecule has 0 aromatic carbocycles. The highest BCUT2D eigenvalue weighted by Crippen LogP contribution is 2.30. The standard InChI is InChI=1S/C11H14N4/c1-2-5-15(8-9-3-4-9)11-7-13-6-10(12)14-11/h1,6-7,9H,3-5,8H2,(H2,12,14). The van der Waals surface area contributed by atoms with E-state index in [1.54, 1.807) is 6.20 Å². The van der Waals surface area contributed by atoms with Gasteiger partial charge in [-0.05, 0) is 18.8 Å². The molecular weight excluding hydrogens is 188 g/mol. The minimum Gasteiger partial charge on any atom is -0.382 e. The molecule has 4 nitrogen and oxygen atoms in total. The van der Waals surface area contributed by atoms with E-state index < -0.39 is 0 Å². The van der Waals surface area contributed by atoms with Crippen molar-refractivity contribution in [3.8, 4) is 12.3 Å². The normalized spacial score (nSPS) is 14.6. The first-order valence-electron chi connectivity index (χ1n) is 5.05. The highest BCUT2D eigenvalue weighted by atomic mass is 15.2. The molecule has 1 heterocycles. The van der Waals surface area contributed by atoms with Crippen molar-refractivity contribution >= 4 is 11.6 Å². The summed E-state index contributed by atoms with van der Waals surface area (Å²) in [5.41, 5.74) is 5.59. The zero-order valence-electron chi connectivity index (χ0n) is 8.56. The van der Waals surface area contributed by atoms with Gasteiger partial charge in [-0.2, -0.15) is 0 Å². The average Bonchev–Trinajstić information content (AvgIpc) is 3.01. The van der Waals surface area contributed by atoms with Crippen molar-refractivity contribution in [3.63, 3.8) is 0 Å². The predicted molar refractivity (Wildman–Crippen MR) is 60.2 cm³/mol. The van der Waals surface area contributed by atoms with E-state index in [9.17, 15) is 0 Å². The Morgan fingerprint density at radius 2 is 2.33 bits per heavy atom. The van der Waals surface area contributed by atoms with E-state index in [0.717, 1.165) is 18.3 Å². The van der Waals surface area contributed by atoms with E-state index >= 15 is 0 Å². The Hall–Kier alpha value is -1.76. The van der Waals surface area contributed by atoms with Gasteiger partial charge in [-0.15, -0.1) is 6.42 Å². The maximum absolute atomic E-state index is 5.59. The van der Waals surface area contributed by atoms with E-state index in [1.165, 1.54) is 19.0 Å². The summed E-state index contributed by atoms with van der Waals surface area (Å²) in [6, 6.07) is 0. The van der Waals surface area contributed by atoms with Crippen molar-refractivity contribution in [1.82, 2.24) is 9.97 Å². The fourth-order valence-electron chi connectivity index (χ4n) is 1.48. The second-order valence-corrected chi connectivity index (χ2v) is 3.83. The van der Waals surface area contributed by atoms with Crippen molar-refractivity contribution in [2.24, 2.45) is 5.92 Å². The van der Waals surface area contributed by atoms with Crippen LogP contribution < -0.4 is 10.6 Å². The molecule has 4 heteroatoms. The van der Waals surface area contributed by atoms with Crippen LogP contribution in [0.25, 0.3) is 0 Å². The third kappa shape index (κ3) is 2.59. The first-order valence-corrected chi connectivity index (χ1v) is 5.05. The lowest BCUT2D eigenvalue weighted by molar-refractivity contribution is 0.753. The summed E-state index contributed by atoms with van der Waals surface area (Å²) < 4.78 is 0. The van der Waals surface area contributed by atoms with Crippen molar-refractivity contribution in [2.45, 2.75) is 12.8 Å². The molecule has 0 aliphatic heterocycles. The number of aromatic nitrogens is 2. The van der Waals surface area contributed by atoms with E-state index in [2.05, 4.69) is 20.8 Å². The summed E-state index contributed by atoms with van der Waals surface area (Å²) in [6.07, 6.45) is 11.1. The van der Waals surface area contributed by atoms with Gasteiger partial charge in [0, 0.05) is 6.54 Å². The van der Waals surface area contributed by atoms with Gasteiger partial charge in [-0.1, -0.05) is 5.92 Å². The summed E-state index contributed by atoms with van der Waals surface area (Å²) in [4.78, 5) is 10.3. The molecule has 15 heavy (non-hydrogen) atoms. The second-order valence-electron chi connectivity index (χ2n) is 3.83. The predicted octanol–water partition coefficient (Wildman–Crippen LogP) is 0.908. The van der Waals surface area contributed by atoms with Crippen LogP contribution >= 0.6 is 0 Å². The highest BCUT2D eigenvalue weighted by Gasteiger charge is 2.24. The Morgan fingerprint density at radius 3 is 2.93 bits per heavy atom. The average molecular weight is 202 g/mol. The van der Waals surface area contributed by atoms with Gasteiger partial charge in [0.2, 0.25) is 0 Å². The van der Waals surface area contributed by atoms with E-state index in [0.29, 0.717) is 12.4 Å². The van der Waals surface area contributed by atoms with E-state index in [1.807, 2.05) is 0 Å². The number of hydrogen-bond donors (Lipinski definition) is 1. The van der Waals surface area contributed by atoms with Crippen LogP contribution in [0.15, 0.2) is 12.4 Å². The third-order valence-electron chi connectivity index (χ3n) is 2.42. The van der Waals surface area contributed by atoms with Crippen LogP contribution in [-0.2, 0) is 0 Å². The Balaban J connectivity index is 2.11. The van der Waals surface area contributed by atoms with Gasteiger partial charge in [-0.3, -0.25) is 4.98 Å². The zero-order chi connectivity index (χ0) is 10.7. The third-order valence-corrected chi connectivity index (χ3v) is 2.42. The molecule has 1 aliphatic carbocycles. The smallest absolute Gasteiger partial charge is 0.150 e. The van der Waals surface area contributed by atoms with Gasteiger partial charge in [0.05, 0.1) is 18.9 Å². The van der Waals surface area contributed by atoms with Crippen molar-refractivity contribution in [2.75, 3.05) is 23.7 Å². The molecule has 0 unspecified atom stereocenters. The Kier molecular flexibility index (Phi) is 2.72. The topological polar surface area (TPSA) is 55.0 Å². The van der Waals surface area contributed by atoms with Crippen LogP contribution in [0.5, 0.6) is 0 Å². The van der Waals surface area contributed by atoms with Crippen LogP contribution in [-0.4, -0.2) is 23.1 Å². The lowest BCUT2D eigenvalue weighted by atomic mass is 10.3. The van der Waals surface area contributed by atoms with Gasteiger partial charge >= 0.3 is 0 Å². The highest BCUT2D eigenvalue weighted by molar-refractivity contribution is 5.42. The first-order chi connectivity index (χ1) is 7.29. The molecule has 0 spiro atoms. The molecule has 1 aromatic heterocycles. The molecule has 2 N–H and O–H groups in total. The largest absolute Gasteiger partial charge is 0.382 e. The maximum Gasteiger partial charge on any atom is 0.150 e. The number of nitrogens with zero attached hydrogens (tertiary/aromatic N) is 3. The van der Waals surface area contributed by atoms with Crippen molar-refractivity contribution in [1.29, 1.82) is 0 Å². The van der Waals surface area contributed by atoms with Crippen LogP contribution in [0, 0.1) is 18.3 Å². The number of nitrogens with two attached hydrogens (primary N) is 1. The number of nitrogen functional groups attached to an aromatic ring is 1. The number of rotatable bonds is 4. The fraction of sp³-hybridized carbons (Fsp3) is 0.455. The SMILES string of the molecule is C#CCN(CC1CC1)c1cncc(N)n1. The minimum absolute atomic E-state index is 0.435. The molecule has 1 fully saturated rings. The molecule has 0 bridgehead atoms. The number of terminal acetylenes is 1. The molecule has 2 rings (SSSR count). The summed E-state index contributed by atoms with van der Waals surface area (Å²) in [6.45, 7) is 1.52. The van der Waals surface area contributed by atoms with Crippen LogP contribution in [0.2, 0.25) is 0 Å². The van der Waals surface area contributed by atoms with E-state index in [4.69, 9.17) is 12.2 Å². The molecular formula is C11H14N4. The maximum atomic E-state index is 5.59. The lowest BCUT2D eigenvalue weighted by Crippen LogP contribution is -2.27. The Morgan fingerprint density at radius 1 is 1.53 bits per heavy atom. The van der Waals surface area contributed by atoms with Crippen LogP contribution in [0.1, 0.15) is 12.8 Å². The summed E-state index contributed by atoms with van der Waals surface area (Å²) in [5.74, 6) is 4.61. The number of hydrogen-bond acceptors (Lipinski definition) is 4. The van der Waals surface area contributed by atoms with Gasteiger partial charge in [-0.25, -0.2) is 4.98 Å². The van der Waals surface area contributed by atoms with Crippen LogP contribution in [0.4, 0.5) is 11.6 Å². The molecule has 1 aromatic rings. The summed E-state index contributed by atoms with van der Waals surface area (Å²) in [7, 11) is 0. The van der Waals surface area contributed by atoms with Gasteiger partial charge in [0.15, 0.2) is 0 Å². The Labute approximate surface area is 89.5 Å².